The first kappa shape index (κ1) is 12.9. The van der Waals surface area contributed by atoms with Crippen LogP contribution in [0.2, 0.25) is 0 Å². The van der Waals surface area contributed by atoms with Crippen LogP contribution in [0.25, 0.3) is 0 Å². The highest BCUT2D eigenvalue weighted by molar-refractivity contribution is 4.85. The zero-order valence-electron chi connectivity index (χ0n) is 10.3. The van der Waals surface area contributed by atoms with E-state index in [1.165, 1.54) is 25.7 Å². The van der Waals surface area contributed by atoms with Crippen LogP contribution in [0.15, 0.2) is 0 Å². The Morgan fingerprint density at radius 2 is 1.73 bits per heavy atom. The third-order valence-electron chi connectivity index (χ3n) is 3.17. The van der Waals surface area contributed by atoms with E-state index in [1.807, 2.05) is 0 Å². The van der Waals surface area contributed by atoms with Gasteiger partial charge in [0.15, 0.2) is 0 Å². The summed E-state index contributed by atoms with van der Waals surface area (Å²) in [6.45, 7) is 2.52. The highest BCUT2D eigenvalue weighted by Crippen LogP contribution is 2.24. The van der Waals surface area contributed by atoms with Crippen LogP contribution in [-0.2, 0) is 4.74 Å². The maximum absolute atomic E-state index is 6.34. The summed E-state index contributed by atoms with van der Waals surface area (Å²) in [7, 11) is 4.13. The molecule has 0 aromatic rings. The normalized spacial score (nSPS) is 21.6. The zero-order chi connectivity index (χ0) is 11.1. The Labute approximate surface area is 94.0 Å². The summed E-state index contributed by atoms with van der Waals surface area (Å²) >= 11 is 0. The van der Waals surface area contributed by atoms with Gasteiger partial charge in [0, 0.05) is 12.1 Å². The minimum absolute atomic E-state index is 0.0389. The van der Waals surface area contributed by atoms with Crippen LogP contribution >= 0.6 is 0 Å². The van der Waals surface area contributed by atoms with Gasteiger partial charge in [0.1, 0.15) is 0 Å². The minimum atomic E-state index is -0.0389. The molecule has 0 aromatic carbocycles. The van der Waals surface area contributed by atoms with Gasteiger partial charge in [-0.1, -0.05) is 25.7 Å². The molecule has 0 atom stereocenters. The molecule has 3 nitrogen and oxygen atoms in total. The van der Waals surface area contributed by atoms with E-state index in [0.29, 0.717) is 0 Å². The van der Waals surface area contributed by atoms with Crippen molar-refractivity contribution in [2.75, 3.05) is 33.9 Å². The van der Waals surface area contributed by atoms with Gasteiger partial charge in [-0.3, -0.25) is 0 Å². The molecule has 0 saturated heterocycles. The average Bonchev–Trinajstić information content (AvgIpc) is 2.38. The van der Waals surface area contributed by atoms with Crippen molar-refractivity contribution in [1.82, 2.24) is 4.90 Å². The molecule has 0 unspecified atom stereocenters. The molecule has 0 radical (unpaired) electrons. The number of hydrogen-bond acceptors (Lipinski definition) is 3. The summed E-state index contributed by atoms with van der Waals surface area (Å²) in [4.78, 5) is 2.14. The smallest absolute Gasteiger partial charge is 0.0646 e. The molecular formula is C12H26N2O. The SMILES string of the molecule is CN(C)CCOCC1(N)CCCCCC1. The topological polar surface area (TPSA) is 38.5 Å². The fourth-order valence-electron chi connectivity index (χ4n) is 2.10. The fraction of sp³-hybridized carbons (Fsp3) is 1.00. The summed E-state index contributed by atoms with van der Waals surface area (Å²) in [6.07, 6.45) is 7.50. The van der Waals surface area contributed by atoms with Crippen molar-refractivity contribution in [3.63, 3.8) is 0 Å². The highest BCUT2D eigenvalue weighted by atomic mass is 16.5. The van der Waals surface area contributed by atoms with E-state index < -0.39 is 0 Å². The Bertz CT molecular complexity index is 163. The van der Waals surface area contributed by atoms with Gasteiger partial charge in [-0.05, 0) is 26.9 Å². The second-order valence-electron chi connectivity index (χ2n) is 5.13. The maximum atomic E-state index is 6.34. The standard InChI is InChI=1S/C12H26N2O/c1-14(2)9-10-15-11-12(13)7-5-3-4-6-8-12/h3-11,13H2,1-2H3. The van der Waals surface area contributed by atoms with Crippen LogP contribution in [0.5, 0.6) is 0 Å². The van der Waals surface area contributed by atoms with Gasteiger partial charge in [-0.2, -0.15) is 0 Å². The Kier molecular flexibility index (Phi) is 5.58. The van der Waals surface area contributed by atoms with E-state index in [-0.39, 0.29) is 5.54 Å². The molecule has 1 aliphatic rings. The van der Waals surface area contributed by atoms with Crippen LogP contribution in [0.3, 0.4) is 0 Å². The molecule has 0 aliphatic heterocycles. The zero-order valence-corrected chi connectivity index (χ0v) is 10.3. The monoisotopic (exact) mass is 214 g/mol. The van der Waals surface area contributed by atoms with Crippen molar-refractivity contribution < 1.29 is 4.74 Å². The third kappa shape index (κ3) is 5.50. The quantitative estimate of drug-likeness (QED) is 0.558. The number of likely N-dealkylation sites (N-methyl/N-ethyl adjacent to an activating group) is 1. The highest BCUT2D eigenvalue weighted by Gasteiger charge is 2.26. The predicted octanol–water partition coefficient (Wildman–Crippen LogP) is 1.62. The number of ether oxygens (including phenoxy) is 1. The van der Waals surface area contributed by atoms with E-state index in [1.54, 1.807) is 0 Å². The molecule has 90 valence electrons. The lowest BCUT2D eigenvalue weighted by molar-refractivity contribution is 0.0684. The van der Waals surface area contributed by atoms with Gasteiger partial charge in [-0.15, -0.1) is 0 Å². The Morgan fingerprint density at radius 1 is 1.13 bits per heavy atom. The van der Waals surface area contributed by atoms with E-state index in [0.717, 1.165) is 32.6 Å². The van der Waals surface area contributed by atoms with Crippen molar-refractivity contribution in [2.45, 2.75) is 44.1 Å². The average molecular weight is 214 g/mol. The molecule has 0 aromatic heterocycles. The fourth-order valence-corrected chi connectivity index (χ4v) is 2.10. The van der Waals surface area contributed by atoms with E-state index in [9.17, 15) is 0 Å². The summed E-state index contributed by atoms with van der Waals surface area (Å²) in [5.74, 6) is 0. The summed E-state index contributed by atoms with van der Waals surface area (Å²) in [5.41, 5.74) is 6.30. The van der Waals surface area contributed by atoms with E-state index >= 15 is 0 Å². The molecule has 2 N–H and O–H groups in total. The van der Waals surface area contributed by atoms with Crippen molar-refractivity contribution in [1.29, 1.82) is 0 Å². The number of nitrogens with two attached hydrogens (primary N) is 1. The van der Waals surface area contributed by atoms with Crippen LogP contribution in [0.4, 0.5) is 0 Å². The molecule has 0 amide bonds. The van der Waals surface area contributed by atoms with Crippen LogP contribution in [0.1, 0.15) is 38.5 Å². The number of rotatable bonds is 5. The van der Waals surface area contributed by atoms with Gasteiger partial charge >= 0.3 is 0 Å². The first-order chi connectivity index (χ1) is 7.12. The maximum Gasteiger partial charge on any atom is 0.0646 e. The van der Waals surface area contributed by atoms with Gasteiger partial charge in [-0.25, -0.2) is 0 Å². The molecule has 1 saturated carbocycles. The van der Waals surface area contributed by atoms with Crippen LogP contribution < -0.4 is 5.73 Å². The molecule has 1 fully saturated rings. The summed E-state index contributed by atoms with van der Waals surface area (Å²) < 4.78 is 5.68. The van der Waals surface area contributed by atoms with Crippen molar-refractivity contribution in [2.24, 2.45) is 5.73 Å². The lowest BCUT2D eigenvalue weighted by Crippen LogP contribution is -2.44. The molecular weight excluding hydrogens is 188 g/mol. The van der Waals surface area contributed by atoms with E-state index in [4.69, 9.17) is 10.5 Å². The van der Waals surface area contributed by atoms with Crippen LogP contribution in [-0.4, -0.2) is 44.3 Å². The molecule has 15 heavy (non-hydrogen) atoms. The lowest BCUT2D eigenvalue weighted by Gasteiger charge is -2.28. The van der Waals surface area contributed by atoms with Gasteiger partial charge in [0.05, 0.1) is 13.2 Å². The third-order valence-corrected chi connectivity index (χ3v) is 3.17. The second-order valence-corrected chi connectivity index (χ2v) is 5.13. The van der Waals surface area contributed by atoms with Gasteiger partial charge in [0.2, 0.25) is 0 Å². The minimum Gasteiger partial charge on any atom is -0.378 e. The molecule has 1 aliphatic carbocycles. The first-order valence-corrected chi connectivity index (χ1v) is 6.14. The Hall–Kier alpha value is -0.120. The molecule has 0 heterocycles. The lowest BCUT2D eigenvalue weighted by atomic mass is 9.93. The summed E-state index contributed by atoms with van der Waals surface area (Å²) in [6, 6.07) is 0. The molecule has 1 rings (SSSR count). The Morgan fingerprint density at radius 3 is 2.27 bits per heavy atom. The number of hydrogen-bond donors (Lipinski definition) is 1. The largest absolute Gasteiger partial charge is 0.378 e. The Balaban J connectivity index is 2.16. The van der Waals surface area contributed by atoms with E-state index in [2.05, 4.69) is 19.0 Å². The van der Waals surface area contributed by atoms with Gasteiger partial charge in [0.25, 0.3) is 0 Å². The first-order valence-electron chi connectivity index (χ1n) is 6.14. The molecule has 3 heteroatoms. The van der Waals surface area contributed by atoms with Crippen LogP contribution in [0, 0.1) is 0 Å². The van der Waals surface area contributed by atoms with Crippen molar-refractivity contribution in [3.05, 3.63) is 0 Å². The van der Waals surface area contributed by atoms with Crippen molar-refractivity contribution >= 4 is 0 Å². The molecule has 0 bridgehead atoms. The number of nitrogens with zero attached hydrogens (tertiary/aromatic N) is 1. The second kappa shape index (κ2) is 6.46. The van der Waals surface area contributed by atoms with Gasteiger partial charge < -0.3 is 15.4 Å². The summed E-state index contributed by atoms with van der Waals surface area (Å²) in [5, 5.41) is 0. The van der Waals surface area contributed by atoms with Crippen molar-refractivity contribution in [3.8, 4) is 0 Å². The predicted molar refractivity (Wildman–Crippen MR) is 64.0 cm³/mol. The molecule has 0 spiro atoms.